The van der Waals surface area contributed by atoms with E-state index >= 15 is 4.79 Å². The van der Waals surface area contributed by atoms with Crippen molar-refractivity contribution in [2.24, 2.45) is 12.8 Å². The molecule has 2 aliphatic rings. The number of carbonyl (C=O) groups excluding carboxylic acids is 3. The highest BCUT2D eigenvalue weighted by molar-refractivity contribution is 6.02. The molecule has 6 rings (SSSR count). The van der Waals surface area contributed by atoms with Gasteiger partial charge in [0, 0.05) is 55.1 Å². The van der Waals surface area contributed by atoms with Gasteiger partial charge in [0.05, 0.1) is 18.7 Å². The highest BCUT2D eigenvalue weighted by atomic mass is 16.2. The molecule has 3 amide bonds. The Balaban J connectivity index is 0.00000194. The first-order valence-corrected chi connectivity index (χ1v) is 20.4. The van der Waals surface area contributed by atoms with Crippen LogP contribution in [0, 0.1) is 18.8 Å². The first kappa shape index (κ1) is 42.0. The number of benzene rings is 3. The number of primary amides is 1. The summed E-state index contributed by atoms with van der Waals surface area (Å²) in [7, 11) is 6.19. The minimum absolute atomic E-state index is 0.0777. The molecule has 3 aromatic carbocycles. The van der Waals surface area contributed by atoms with Crippen molar-refractivity contribution in [2.45, 2.75) is 105 Å². The highest BCUT2D eigenvalue weighted by Gasteiger charge is 2.33. The lowest BCUT2D eigenvalue weighted by Gasteiger charge is -2.36. The summed E-state index contributed by atoms with van der Waals surface area (Å²) >= 11 is 0. The van der Waals surface area contributed by atoms with Crippen molar-refractivity contribution in [1.82, 2.24) is 19.3 Å². The fraction of sp³-hybridized carbons (Fsp3) is 0.438. The topological polar surface area (TPSA) is 91.9 Å². The molecule has 0 saturated heterocycles. The van der Waals surface area contributed by atoms with Gasteiger partial charge in [0.1, 0.15) is 0 Å². The van der Waals surface area contributed by atoms with Crippen LogP contribution in [-0.2, 0) is 61.8 Å². The van der Waals surface area contributed by atoms with Gasteiger partial charge in [-0.1, -0.05) is 81.0 Å². The number of aromatic nitrogens is 1. The Morgan fingerprint density at radius 3 is 2.27 bits per heavy atom. The van der Waals surface area contributed by atoms with E-state index in [1.54, 1.807) is 0 Å². The highest BCUT2D eigenvalue weighted by Crippen LogP contribution is 2.39. The van der Waals surface area contributed by atoms with Crippen LogP contribution in [-0.4, -0.2) is 70.7 Å². The summed E-state index contributed by atoms with van der Waals surface area (Å²) in [6.45, 7) is 11.4. The van der Waals surface area contributed by atoms with E-state index in [0.29, 0.717) is 32.6 Å². The molecule has 3 heterocycles. The van der Waals surface area contributed by atoms with Gasteiger partial charge in [-0.2, -0.15) is 0 Å². The molecule has 0 radical (unpaired) electrons. The summed E-state index contributed by atoms with van der Waals surface area (Å²) in [6, 6.07) is 21.1. The maximum absolute atomic E-state index is 15.0. The van der Waals surface area contributed by atoms with Gasteiger partial charge in [-0.3, -0.25) is 19.3 Å². The quantitative estimate of drug-likeness (QED) is 0.128. The number of hydrogen-bond acceptors (Lipinski definition) is 4. The third-order valence-corrected chi connectivity index (χ3v) is 11.4. The zero-order chi connectivity index (χ0) is 40.4. The molecule has 0 unspecified atom stereocenters. The van der Waals surface area contributed by atoms with Crippen molar-refractivity contribution in [1.29, 1.82) is 0 Å². The average Bonchev–Trinajstić information content (AvgIpc) is 3.42. The second kappa shape index (κ2) is 19.6. The number of nitrogens with two attached hydrogens (primary N) is 1. The standard InChI is InChI=1S/C47H58N4O2.CH3NO/c1-8-10-22-41-34(4)49(7)46(42(41)23-11-9-2)43-28-38-24-26-50(45(52)30-37-19-13-12-17-35(37)21-16-25-48(5)6)31-40(38)29-44(43)47(53)51-32-39-20-15-14-18-36(39)27-33(51)3;2-1-3/h12-15,17-20,28-29,33H,8-11,22-27,30-32H2,1-7H3;1H,(H2,2,3)/t33-;/m1./s1. The van der Waals surface area contributed by atoms with E-state index in [4.69, 9.17) is 4.79 Å². The van der Waals surface area contributed by atoms with Crippen LogP contribution in [0.25, 0.3) is 11.3 Å². The van der Waals surface area contributed by atoms with Gasteiger partial charge in [0.25, 0.3) is 5.91 Å². The molecule has 1 aromatic heterocycles. The van der Waals surface area contributed by atoms with Crippen LogP contribution in [0.15, 0.2) is 60.7 Å². The zero-order valence-corrected chi connectivity index (χ0v) is 34.7. The summed E-state index contributed by atoms with van der Waals surface area (Å²) in [5.41, 5.74) is 18.1. The van der Waals surface area contributed by atoms with Gasteiger partial charge in [-0.15, -0.1) is 0 Å². The Morgan fingerprint density at radius 1 is 0.911 bits per heavy atom. The molecule has 0 spiro atoms. The Bertz CT molecular complexity index is 2080. The lowest BCUT2D eigenvalue weighted by molar-refractivity contribution is -0.131. The van der Waals surface area contributed by atoms with E-state index in [-0.39, 0.29) is 24.3 Å². The smallest absolute Gasteiger partial charge is 0.255 e. The fourth-order valence-corrected chi connectivity index (χ4v) is 8.25. The number of nitrogens with zero attached hydrogens (tertiary/aromatic N) is 4. The van der Waals surface area contributed by atoms with Crippen molar-refractivity contribution >= 4 is 18.2 Å². The SMILES string of the molecule is CCCCc1c(CCCC)c(-c2cc3c(cc2C(=O)N2Cc4ccccc4C[C@H]2C)CN(C(=O)Cc2ccccc2C#CCN(C)C)CC3)n(C)c1C.NC=O. The van der Waals surface area contributed by atoms with Gasteiger partial charge in [0.15, 0.2) is 0 Å². The molecule has 2 N–H and O–H groups in total. The second-order valence-corrected chi connectivity index (χ2v) is 15.7. The predicted octanol–water partition coefficient (Wildman–Crippen LogP) is 7.41. The van der Waals surface area contributed by atoms with E-state index in [1.165, 1.54) is 39.2 Å². The minimum atomic E-state index is 0.0777. The second-order valence-electron chi connectivity index (χ2n) is 15.7. The number of fused-ring (bicyclic) bond motifs is 2. The summed E-state index contributed by atoms with van der Waals surface area (Å²) in [6.07, 6.45) is 8.77. The van der Waals surface area contributed by atoms with Gasteiger partial charge in [0.2, 0.25) is 12.3 Å². The molecule has 0 fully saturated rings. The lowest BCUT2D eigenvalue weighted by atomic mass is 9.87. The van der Waals surface area contributed by atoms with E-state index in [9.17, 15) is 4.79 Å². The first-order chi connectivity index (χ1) is 27.0. The largest absolute Gasteiger partial charge is 0.372 e. The van der Waals surface area contributed by atoms with Gasteiger partial charge < -0.3 is 20.1 Å². The number of unbranched alkanes of at least 4 members (excludes halogenated alkanes) is 2. The molecule has 0 aliphatic carbocycles. The third-order valence-electron chi connectivity index (χ3n) is 11.4. The maximum atomic E-state index is 15.0. The lowest BCUT2D eigenvalue weighted by Crippen LogP contribution is -2.43. The van der Waals surface area contributed by atoms with Gasteiger partial charge >= 0.3 is 0 Å². The molecule has 8 nitrogen and oxygen atoms in total. The molecule has 0 bridgehead atoms. The van der Waals surface area contributed by atoms with Crippen LogP contribution in [0.1, 0.15) is 107 Å². The van der Waals surface area contributed by atoms with Crippen molar-refractivity contribution in [2.75, 3.05) is 27.2 Å². The van der Waals surface area contributed by atoms with Crippen molar-refractivity contribution in [3.05, 3.63) is 116 Å². The molecular formula is C48H61N5O3. The Hall–Kier alpha value is -5.13. The number of carbonyl (C=O) groups is 3. The molecule has 296 valence electrons. The Labute approximate surface area is 335 Å². The summed E-state index contributed by atoms with van der Waals surface area (Å²) in [5.74, 6) is 6.68. The van der Waals surface area contributed by atoms with E-state index in [0.717, 1.165) is 79.2 Å². The Morgan fingerprint density at radius 2 is 1.57 bits per heavy atom. The third kappa shape index (κ3) is 9.62. The van der Waals surface area contributed by atoms with Crippen LogP contribution in [0.4, 0.5) is 0 Å². The van der Waals surface area contributed by atoms with Gasteiger partial charge in [-0.05, 0) is 124 Å². The van der Waals surface area contributed by atoms with Crippen molar-refractivity contribution in [3.8, 4) is 23.1 Å². The van der Waals surface area contributed by atoms with Crippen LogP contribution in [0.2, 0.25) is 0 Å². The summed E-state index contributed by atoms with van der Waals surface area (Å²) in [4.78, 5) is 43.6. The number of amides is 3. The monoisotopic (exact) mass is 755 g/mol. The Kier molecular flexibility index (Phi) is 14.7. The van der Waals surface area contributed by atoms with Crippen molar-refractivity contribution in [3.63, 3.8) is 0 Å². The summed E-state index contributed by atoms with van der Waals surface area (Å²) < 4.78 is 2.36. The average molecular weight is 756 g/mol. The van der Waals surface area contributed by atoms with Crippen LogP contribution in [0.5, 0.6) is 0 Å². The molecule has 1 atom stereocenters. The fourth-order valence-electron chi connectivity index (χ4n) is 8.25. The summed E-state index contributed by atoms with van der Waals surface area (Å²) in [5, 5.41) is 0. The van der Waals surface area contributed by atoms with E-state index < -0.39 is 0 Å². The van der Waals surface area contributed by atoms with Crippen LogP contribution < -0.4 is 5.73 Å². The zero-order valence-electron chi connectivity index (χ0n) is 34.7. The molecular weight excluding hydrogens is 695 g/mol. The van der Waals surface area contributed by atoms with E-state index in [2.05, 4.69) is 98.2 Å². The normalized spacial score (nSPS) is 14.6. The molecule has 8 heteroatoms. The minimum Gasteiger partial charge on any atom is -0.372 e. The molecule has 4 aromatic rings. The van der Waals surface area contributed by atoms with Gasteiger partial charge in [-0.25, -0.2) is 0 Å². The molecule has 56 heavy (non-hydrogen) atoms. The van der Waals surface area contributed by atoms with Crippen LogP contribution >= 0.6 is 0 Å². The number of hydrogen-bond donors (Lipinski definition) is 1. The first-order valence-electron chi connectivity index (χ1n) is 20.4. The predicted molar refractivity (Wildman–Crippen MR) is 227 cm³/mol. The van der Waals surface area contributed by atoms with E-state index in [1.807, 2.05) is 48.2 Å². The number of rotatable bonds is 11. The van der Waals surface area contributed by atoms with Crippen molar-refractivity contribution < 1.29 is 14.4 Å². The van der Waals surface area contributed by atoms with Crippen LogP contribution in [0.3, 0.4) is 0 Å². The molecule has 2 aliphatic heterocycles. The maximum Gasteiger partial charge on any atom is 0.255 e. The molecule has 0 saturated carbocycles.